The second-order valence-corrected chi connectivity index (χ2v) is 4.52. The summed E-state index contributed by atoms with van der Waals surface area (Å²) in [5.74, 6) is -0.328. The van der Waals surface area contributed by atoms with Crippen molar-refractivity contribution in [2.24, 2.45) is 0 Å². The van der Waals surface area contributed by atoms with Gasteiger partial charge in [0.25, 0.3) is 0 Å². The molecule has 1 aliphatic rings. The molecule has 1 N–H and O–H groups in total. The maximum atomic E-state index is 12.6. The summed E-state index contributed by atoms with van der Waals surface area (Å²) in [6.45, 7) is 0.392. The van der Waals surface area contributed by atoms with Crippen LogP contribution in [0.4, 0.5) is 17.1 Å². The number of halogens is 4. The molecular formula is C9H10F4N2O2S. The third-order valence-corrected chi connectivity index (χ3v) is 3.20. The molecule has 0 spiro atoms. The van der Waals surface area contributed by atoms with Gasteiger partial charge in [-0.1, -0.05) is 0 Å². The largest absolute Gasteiger partial charge is 0.434 e. The SMILES string of the molecule is OC1(c2nc(C(F)(F)F)cn2SF)CCOCC1. The first kappa shape index (κ1) is 13.6. The Morgan fingerprint density at radius 3 is 2.50 bits per heavy atom. The van der Waals surface area contributed by atoms with Crippen LogP contribution in [0, 0.1) is 0 Å². The molecular weight excluding hydrogens is 276 g/mol. The van der Waals surface area contributed by atoms with E-state index >= 15 is 0 Å². The molecule has 18 heavy (non-hydrogen) atoms. The third-order valence-electron chi connectivity index (χ3n) is 2.78. The number of imidazole rings is 1. The minimum Gasteiger partial charge on any atom is -0.382 e. The van der Waals surface area contributed by atoms with Gasteiger partial charge in [-0.15, -0.1) is 3.89 Å². The zero-order valence-corrected chi connectivity index (χ0v) is 9.89. The van der Waals surface area contributed by atoms with Crippen LogP contribution in [0.3, 0.4) is 0 Å². The second-order valence-electron chi connectivity index (χ2n) is 3.99. The van der Waals surface area contributed by atoms with Crippen molar-refractivity contribution in [2.75, 3.05) is 13.2 Å². The van der Waals surface area contributed by atoms with Gasteiger partial charge in [0.05, 0.1) is 6.20 Å². The lowest BCUT2D eigenvalue weighted by atomic mass is 9.94. The monoisotopic (exact) mass is 286 g/mol. The van der Waals surface area contributed by atoms with E-state index in [0.717, 1.165) is 0 Å². The van der Waals surface area contributed by atoms with E-state index in [1.54, 1.807) is 0 Å². The van der Waals surface area contributed by atoms with Crippen molar-refractivity contribution >= 4 is 12.3 Å². The summed E-state index contributed by atoms with van der Waals surface area (Å²) < 4.78 is 55.7. The summed E-state index contributed by atoms with van der Waals surface area (Å²) in [5, 5.41) is 10.2. The Kier molecular flexibility index (Phi) is 3.56. The molecule has 1 saturated heterocycles. The maximum Gasteiger partial charge on any atom is 0.434 e. The second kappa shape index (κ2) is 4.71. The highest BCUT2D eigenvalue weighted by atomic mass is 32.2. The van der Waals surface area contributed by atoms with E-state index in [9.17, 15) is 22.2 Å². The van der Waals surface area contributed by atoms with Crippen LogP contribution in [0.5, 0.6) is 0 Å². The van der Waals surface area contributed by atoms with Gasteiger partial charge in [-0.25, -0.2) is 8.96 Å². The van der Waals surface area contributed by atoms with Gasteiger partial charge in [0.15, 0.2) is 23.9 Å². The van der Waals surface area contributed by atoms with Crippen LogP contribution >= 0.6 is 12.3 Å². The van der Waals surface area contributed by atoms with Gasteiger partial charge in [0, 0.05) is 26.1 Å². The van der Waals surface area contributed by atoms with Gasteiger partial charge in [-0.05, 0) is 0 Å². The Balaban J connectivity index is 2.40. The fourth-order valence-electron chi connectivity index (χ4n) is 1.80. The van der Waals surface area contributed by atoms with Gasteiger partial charge in [-0.3, -0.25) is 0 Å². The van der Waals surface area contributed by atoms with Crippen LogP contribution in [0.2, 0.25) is 0 Å². The zero-order chi connectivity index (χ0) is 13.4. The molecule has 1 aromatic heterocycles. The van der Waals surface area contributed by atoms with E-state index in [4.69, 9.17) is 4.74 Å². The number of hydrogen-bond acceptors (Lipinski definition) is 4. The molecule has 2 heterocycles. The summed E-state index contributed by atoms with van der Waals surface area (Å²) in [6, 6.07) is 0. The molecule has 0 amide bonds. The van der Waals surface area contributed by atoms with Crippen molar-refractivity contribution in [3.8, 4) is 0 Å². The molecule has 1 fully saturated rings. The van der Waals surface area contributed by atoms with Crippen molar-refractivity contribution in [1.82, 2.24) is 8.96 Å². The molecule has 0 unspecified atom stereocenters. The molecule has 0 saturated carbocycles. The molecule has 2 rings (SSSR count). The number of aromatic nitrogens is 2. The fourth-order valence-corrected chi connectivity index (χ4v) is 2.21. The van der Waals surface area contributed by atoms with Gasteiger partial charge in [0.1, 0.15) is 5.60 Å². The predicted molar refractivity (Wildman–Crippen MR) is 55.3 cm³/mol. The van der Waals surface area contributed by atoms with Gasteiger partial charge in [-0.2, -0.15) is 13.2 Å². The highest BCUT2D eigenvalue weighted by molar-refractivity contribution is 7.92. The molecule has 1 aromatic rings. The third kappa shape index (κ3) is 2.47. The standard InChI is InChI=1S/C9H10F4N2O2S/c10-9(11,12)6-5-15(18-13)7(14-6)8(16)1-3-17-4-2-8/h5,16H,1-4H2. The Bertz CT molecular complexity index is 429. The lowest BCUT2D eigenvalue weighted by Gasteiger charge is -2.30. The van der Waals surface area contributed by atoms with Crippen LogP contribution in [0.1, 0.15) is 24.4 Å². The van der Waals surface area contributed by atoms with Gasteiger partial charge < -0.3 is 9.84 Å². The van der Waals surface area contributed by atoms with Crippen LogP contribution in [-0.4, -0.2) is 27.3 Å². The van der Waals surface area contributed by atoms with E-state index in [-0.39, 0.29) is 31.9 Å². The van der Waals surface area contributed by atoms with Crippen molar-refractivity contribution in [3.63, 3.8) is 0 Å². The number of rotatable bonds is 2. The lowest BCUT2D eigenvalue weighted by molar-refractivity contribution is -0.141. The predicted octanol–water partition coefficient (Wildman–Crippen LogP) is 2.28. The van der Waals surface area contributed by atoms with E-state index in [2.05, 4.69) is 4.98 Å². The Labute approximate surface area is 104 Å². The smallest absolute Gasteiger partial charge is 0.382 e. The van der Waals surface area contributed by atoms with Crippen LogP contribution in [0.15, 0.2) is 6.20 Å². The Morgan fingerprint density at radius 1 is 1.39 bits per heavy atom. The summed E-state index contributed by atoms with van der Waals surface area (Å²) in [4.78, 5) is 3.32. The molecule has 0 atom stereocenters. The van der Waals surface area contributed by atoms with Crippen LogP contribution in [-0.2, 0) is 16.5 Å². The minimum atomic E-state index is -4.67. The average Bonchev–Trinajstić information content (AvgIpc) is 2.74. The molecule has 0 aliphatic carbocycles. The van der Waals surface area contributed by atoms with E-state index in [1.165, 1.54) is 0 Å². The fraction of sp³-hybridized carbons (Fsp3) is 0.667. The molecule has 4 nitrogen and oxygen atoms in total. The molecule has 0 aromatic carbocycles. The topological polar surface area (TPSA) is 47.3 Å². The number of ether oxygens (including phenoxy) is 1. The molecule has 0 bridgehead atoms. The van der Waals surface area contributed by atoms with Crippen molar-refractivity contribution < 1.29 is 26.9 Å². The number of aliphatic hydroxyl groups is 1. The molecule has 0 radical (unpaired) electrons. The van der Waals surface area contributed by atoms with Crippen LogP contribution in [0.25, 0.3) is 0 Å². The van der Waals surface area contributed by atoms with Crippen molar-refractivity contribution in [3.05, 3.63) is 17.7 Å². The first-order valence-electron chi connectivity index (χ1n) is 5.13. The lowest BCUT2D eigenvalue weighted by Crippen LogP contribution is -2.35. The summed E-state index contributed by atoms with van der Waals surface area (Å²) in [7, 11) is 0. The highest BCUT2D eigenvalue weighted by Gasteiger charge is 2.41. The molecule has 9 heteroatoms. The summed E-state index contributed by atoms with van der Waals surface area (Å²) >= 11 is -0.422. The quantitative estimate of drug-likeness (QED) is 0.847. The first-order chi connectivity index (χ1) is 8.37. The molecule has 102 valence electrons. The van der Waals surface area contributed by atoms with Gasteiger partial charge >= 0.3 is 6.18 Å². The zero-order valence-electron chi connectivity index (χ0n) is 9.08. The maximum absolute atomic E-state index is 12.6. The number of alkyl halides is 3. The van der Waals surface area contributed by atoms with Crippen LogP contribution < -0.4 is 0 Å². The van der Waals surface area contributed by atoms with Crippen molar-refractivity contribution in [2.45, 2.75) is 24.6 Å². The van der Waals surface area contributed by atoms with E-state index < -0.39 is 29.8 Å². The number of hydrogen-bond donors (Lipinski definition) is 1. The Morgan fingerprint density at radius 2 is 2.00 bits per heavy atom. The minimum absolute atomic E-state index is 0.0852. The van der Waals surface area contributed by atoms with E-state index in [1.807, 2.05) is 0 Å². The van der Waals surface area contributed by atoms with Gasteiger partial charge in [0.2, 0.25) is 0 Å². The molecule has 1 aliphatic heterocycles. The highest BCUT2D eigenvalue weighted by Crippen LogP contribution is 2.36. The average molecular weight is 286 g/mol. The van der Waals surface area contributed by atoms with E-state index in [0.29, 0.717) is 10.2 Å². The number of nitrogens with zero attached hydrogens (tertiary/aromatic N) is 2. The Hall–Kier alpha value is -0.800. The van der Waals surface area contributed by atoms with Crippen molar-refractivity contribution in [1.29, 1.82) is 0 Å². The normalized spacial score (nSPS) is 20.1. The summed E-state index contributed by atoms with van der Waals surface area (Å²) in [5.41, 5.74) is -2.80. The summed E-state index contributed by atoms with van der Waals surface area (Å²) in [6.07, 6.45) is -3.96. The first-order valence-corrected chi connectivity index (χ1v) is 5.80.